The van der Waals surface area contributed by atoms with E-state index in [2.05, 4.69) is 11.9 Å². The molecular weight excluding hydrogens is 384 g/mol. The van der Waals surface area contributed by atoms with Crippen LogP contribution >= 0.6 is 0 Å². The van der Waals surface area contributed by atoms with Gasteiger partial charge >= 0.3 is 0 Å². The zero-order valence-corrected chi connectivity index (χ0v) is 18.1. The first-order valence-electron chi connectivity index (χ1n) is 10.5. The van der Waals surface area contributed by atoms with Gasteiger partial charge in [0, 0.05) is 6.42 Å². The molecule has 1 rings (SSSR count). The second-order valence-corrected chi connectivity index (χ2v) is 9.27. The topological polar surface area (TPSA) is 137 Å². The first-order chi connectivity index (χ1) is 12.8. The largest absolute Gasteiger partial charge is 0.870 e. The van der Waals surface area contributed by atoms with E-state index in [1.165, 1.54) is 44.9 Å². The lowest BCUT2D eigenvalue weighted by Crippen LogP contribution is -2.57. The molecule has 4 N–H and O–H groups in total. The minimum Gasteiger partial charge on any atom is -0.870 e. The van der Waals surface area contributed by atoms with Crippen LogP contribution in [0.15, 0.2) is 4.99 Å². The number of hydrogen-bond acceptors (Lipinski definition) is 6. The van der Waals surface area contributed by atoms with Crippen LogP contribution in [0.1, 0.15) is 71.1 Å². The van der Waals surface area contributed by atoms with Gasteiger partial charge in [-0.3, -0.25) is 9.04 Å². The van der Waals surface area contributed by atoms with Crippen molar-refractivity contribution in [2.24, 2.45) is 4.99 Å². The quantitative estimate of drug-likeness (QED) is 0.197. The lowest BCUT2D eigenvalue weighted by molar-refractivity contribution is -0.840. The van der Waals surface area contributed by atoms with Gasteiger partial charge in [0.15, 0.2) is 5.84 Å². The van der Waals surface area contributed by atoms with Crippen molar-refractivity contribution < 1.29 is 33.1 Å². The van der Waals surface area contributed by atoms with Crippen molar-refractivity contribution >= 4 is 16.0 Å². The molecule has 2 unspecified atom stereocenters. The first-order valence-corrected chi connectivity index (χ1v) is 12.1. The third kappa shape index (κ3) is 10.8. The van der Waals surface area contributed by atoms with Crippen LogP contribution in [0.25, 0.3) is 0 Å². The van der Waals surface area contributed by atoms with E-state index in [0.717, 1.165) is 25.1 Å². The molecule has 168 valence electrons. The maximum Gasteiger partial charge on any atom is 0.267 e. The molecule has 0 aromatic heterocycles. The number of rotatable bonds is 16. The van der Waals surface area contributed by atoms with Crippen molar-refractivity contribution in [2.45, 2.75) is 77.2 Å². The van der Waals surface area contributed by atoms with Crippen molar-refractivity contribution in [2.75, 3.05) is 38.5 Å². The molecule has 0 spiro atoms. The average Bonchev–Trinajstić information content (AvgIpc) is 2.94. The first kappa shape index (κ1) is 27.4. The normalized spacial score (nSPS) is 20.6. The summed E-state index contributed by atoms with van der Waals surface area (Å²) in [7, 11) is -4.22. The molecule has 0 radical (unpaired) electrons. The number of hydrogen-bond donors (Lipinski definition) is 3. The van der Waals surface area contributed by atoms with Crippen molar-refractivity contribution in [3.63, 3.8) is 0 Å². The van der Waals surface area contributed by atoms with E-state index in [-0.39, 0.29) is 18.6 Å². The Kier molecular flexibility index (Phi) is 14.1. The highest BCUT2D eigenvalue weighted by atomic mass is 32.2. The van der Waals surface area contributed by atoms with Gasteiger partial charge in [0.05, 0.1) is 13.2 Å². The molecule has 0 aromatic carbocycles. The van der Waals surface area contributed by atoms with Crippen LogP contribution in [0, 0.1) is 0 Å². The average molecular weight is 425 g/mol. The summed E-state index contributed by atoms with van der Waals surface area (Å²) in [6.07, 6.45) is 10.8. The maximum absolute atomic E-state index is 11.0. The Morgan fingerprint density at radius 1 is 1.07 bits per heavy atom. The predicted molar refractivity (Wildman–Crippen MR) is 110 cm³/mol. The Labute approximate surface area is 170 Å². The minimum absolute atomic E-state index is 0. The van der Waals surface area contributed by atoms with Crippen LogP contribution in [0.4, 0.5) is 0 Å². The summed E-state index contributed by atoms with van der Waals surface area (Å²) in [5.41, 5.74) is 0. The van der Waals surface area contributed by atoms with Gasteiger partial charge in [-0.25, -0.2) is 4.99 Å². The number of aliphatic hydroxyl groups is 2. The highest BCUT2D eigenvalue weighted by molar-refractivity contribution is 7.85. The molecule has 28 heavy (non-hydrogen) atoms. The molecule has 9 heteroatoms. The van der Waals surface area contributed by atoms with Gasteiger partial charge in [-0.2, -0.15) is 8.42 Å². The molecule has 0 aromatic rings. The summed E-state index contributed by atoms with van der Waals surface area (Å²) in [5, 5.41) is 19.6. The smallest absolute Gasteiger partial charge is 0.267 e. The molecule has 0 fully saturated rings. The van der Waals surface area contributed by atoms with E-state index < -0.39 is 22.0 Å². The van der Waals surface area contributed by atoms with E-state index in [4.69, 9.17) is 4.55 Å². The summed E-state index contributed by atoms with van der Waals surface area (Å²) in [6, 6.07) is 0. The number of unbranched alkanes of at least 4 members (excludes halogenated alkanes) is 8. The molecule has 2 atom stereocenters. The third-order valence-corrected chi connectivity index (χ3v) is 6.17. The zero-order valence-electron chi connectivity index (χ0n) is 17.3. The van der Waals surface area contributed by atoms with Crippen LogP contribution < -0.4 is 0 Å². The third-order valence-electron chi connectivity index (χ3n) is 5.37. The fourth-order valence-electron chi connectivity index (χ4n) is 3.98. The van der Waals surface area contributed by atoms with E-state index in [1.807, 2.05) is 0 Å². The van der Waals surface area contributed by atoms with Gasteiger partial charge in [0.1, 0.15) is 31.5 Å². The SMILES string of the molecule is CCCCCCCCCCCC1=NCC[N+]1(CCO)CC(O)CS(=O)(=O)O.[OH-]. The monoisotopic (exact) mass is 424 g/mol. The molecule has 0 aliphatic carbocycles. The van der Waals surface area contributed by atoms with E-state index in [1.54, 1.807) is 0 Å². The lowest BCUT2D eigenvalue weighted by Gasteiger charge is -2.35. The second-order valence-electron chi connectivity index (χ2n) is 7.78. The predicted octanol–water partition coefficient (Wildman–Crippen LogP) is 2.20. The van der Waals surface area contributed by atoms with Gasteiger partial charge in [-0.05, 0) is 6.42 Å². The van der Waals surface area contributed by atoms with Crippen LogP contribution in [0.5, 0.6) is 0 Å². The maximum atomic E-state index is 11.0. The van der Waals surface area contributed by atoms with Gasteiger partial charge in [0.25, 0.3) is 10.1 Å². The fraction of sp³-hybridized carbons (Fsp3) is 0.947. The zero-order chi connectivity index (χ0) is 20.2. The fourth-order valence-corrected chi connectivity index (χ4v) is 4.57. The number of aliphatic imine (C=N–C) groups is 1. The Morgan fingerprint density at radius 3 is 2.18 bits per heavy atom. The lowest BCUT2D eigenvalue weighted by atomic mass is 10.1. The van der Waals surface area contributed by atoms with Crippen LogP contribution in [-0.2, 0) is 10.1 Å². The molecule has 0 bridgehead atoms. The molecule has 8 nitrogen and oxygen atoms in total. The molecule has 0 saturated heterocycles. The summed E-state index contributed by atoms with van der Waals surface area (Å²) >= 11 is 0. The van der Waals surface area contributed by atoms with Gasteiger partial charge in [-0.15, -0.1) is 0 Å². The van der Waals surface area contributed by atoms with Crippen LogP contribution in [0.2, 0.25) is 0 Å². The van der Waals surface area contributed by atoms with Gasteiger partial charge in [0.2, 0.25) is 0 Å². The van der Waals surface area contributed by atoms with Crippen LogP contribution in [-0.4, -0.2) is 83.6 Å². The summed E-state index contributed by atoms with van der Waals surface area (Å²) < 4.78 is 31.3. The van der Waals surface area contributed by atoms with Crippen LogP contribution in [0.3, 0.4) is 0 Å². The molecular formula is C19H40N2O6S. The van der Waals surface area contributed by atoms with Crippen molar-refractivity contribution in [3.8, 4) is 0 Å². The summed E-state index contributed by atoms with van der Waals surface area (Å²) in [5.74, 6) is 0.269. The summed E-state index contributed by atoms with van der Waals surface area (Å²) in [6.45, 7) is 4.05. The molecule has 0 amide bonds. The van der Waals surface area contributed by atoms with Gasteiger partial charge in [-0.1, -0.05) is 58.3 Å². The van der Waals surface area contributed by atoms with Crippen molar-refractivity contribution in [1.82, 2.24) is 0 Å². The number of amidine groups is 1. The number of nitrogens with zero attached hydrogens (tertiary/aromatic N) is 2. The Morgan fingerprint density at radius 2 is 1.64 bits per heavy atom. The molecule has 1 aliphatic heterocycles. The number of aliphatic hydroxyl groups excluding tert-OH is 2. The van der Waals surface area contributed by atoms with E-state index in [9.17, 15) is 18.6 Å². The van der Waals surface area contributed by atoms with E-state index in [0.29, 0.717) is 24.1 Å². The van der Waals surface area contributed by atoms with Gasteiger partial charge < -0.3 is 15.7 Å². The molecule has 1 aliphatic rings. The second kappa shape index (κ2) is 14.4. The van der Waals surface area contributed by atoms with Crippen molar-refractivity contribution in [3.05, 3.63) is 0 Å². The Balaban J connectivity index is 0.00000729. The Bertz CT molecular complexity index is 541. The molecule has 0 saturated carbocycles. The number of quaternary nitrogens is 1. The highest BCUT2D eigenvalue weighted by Crippen LogP contribution is 2.21. The standard InChI is InChI=1S/C19H38N2O5S.H2O/c1-2-3-4-5-6-7-8-9-10-11-19-20-12-13-21(19,14-15-22)16-18(23)17-27(24,25)26;/h18,22-23H,2-17H2,1H3;1H2. The molecule has 1 heterocycles. The van der Waals surface area contributed by atoms with E-state index >= 15 is 0 Å². The highest BCUT2D eigenvalue weighted by Gasteiger charge is 2.39. The minimum atomic E-state index is -4.22. The van der Waals surface area contributed by atoms with Crippen molar-refractivity contribution in [1.29, 1.82) is 0 Å². The Hall–Kier alpha value is -0.580. The summed E-state index contributed by atoms with van der Waals surface area (Å²) in [4.78, 5) is 4.58.